The van der Waals surface area contributed by atoms with E-state index in [-0.39, 0.29) is 17.2 Å². The van der Waals surface area contributed by atoms with Crippen LogP contribution in [0.25, 0.3) is 0 Å². The third-order valence-electron chi connectivity index (χ3n) is 4.18. The maximum atomic E-state index is 6.25. The zero-order valence-electron chi connectivity index (χ0n) is 13.2. The van der Waals surface area contributed by atoms with Crippen molar-refractivity contribution in [3.05, 3.63) is 34.9 Å². The van der Waals surface area contributed by atoms with Crippen LogP contribution in [0.5, 0.6) is 0 Å². The van der Waals surface area contributed by atoms with Gasteiger partial charge >= 0.3 is 0 Å². The molecular weight excluding hydrogens is 270 g/mol. The van der Waals surface area contributed by atoms with Crippen molar-refractivity contribution in [1.29, 1.82) is 0 Å². The summed E-state index contributed by atoms with van der Waals surface area (Å²) in [4.78, 5) is 0. The Labute approximate surface area is 127 Å². The summed E-state index contributed by atoms with van der Waals surface area (Å²) < 4.78 is 6.25. The molecule has 0 bridgehead atoms. The number of ether oxygens (including phenoxy) is 1. The van der Waals surface area contributed by atoms with E-state index in [1.807, 2.05) is 12.1 Å². The molecule has 0 radical (unpaired) electrons. The van der Waals surface area contributed by atoms with Gasteiger partial charge in [0.15, 0.2) is 0 Å². The van der Waals surface area contributed by atoms with Crippen molar-refractivity contribution in [1.82, 2.24) is 5.32 Å². The topological polar surface area (TPSA) is 21.3 Å². The van der Waals surface area contributed by atoms with Gasteiger partial charge in [0.05, 0.1) is 11.2 Å². The summed E-state index contributed by atoms with van der Waals surface area (Å²) in [5, 5.41) is 4.42. The van der Waals surface area contributed by atoms with Crippen LogP contribution >= 0.6 is 11.6 Å². The van der Waals surface area contributed by atoms with Crippen LogP contribution in [0.1, 0.15) is 52.6 Å². The minimum absolute atomic E-state index is 0.0690. The highest BCUT2D eigenvalue weighted by atomic mass is 35.5. The number of hydrogen-bond donors (Lipinski definition) is 1. The van der Waals surface area contributed by atoms with Gasteiger partial charge in [0.2, 0.25) is 0 Å². The van der Waals surface area contributed by atoms with Gasteiger partial charge in [-0.2, -0.15) is 0 Å². The van der Waals surface area contributed by atoms with Crippen LogP contribution in [0.15, 0.2) is 24.3 Å². The second-order valence-corrected chi connectivity index (χ2v) is 7.30. The monoisotopic (exact) mass is 295 g/mol. The van der Waals surface area contributed by atoms with E-state index in [9.17, 15) is 0 Å². The van der Waals surface area contributed by atoms with Gasteiger partial charge in [-0.25, -0.2) is 0 Å². The highest BCUT2D eigenvalue weighted by Gasteiger charge is 2.49. The highest BCUT2D eigenvalue weighted by Crippen LogP contribution is 2.47. The van der Waals surface area contributed by atoms with Gasteiger partial charge < -0.3 is 10.1 Å². The molecule has 0 saturated carbocycles. The van der Waals surface area contributed by atoms with E-state index in [0.29, 0.717) is 5.92 Å². The van der Waals surface area contributed by atoms with Crippen molar-refractivity contribution in [2.45, 2.75) is 58.3 Å². The van der Waals surface area contributed by atoms with Crippen molar-refractivity contribution >= 4 is 11.6 Å². The van der Waals surface area contributed by atoms with Crippen LogP contribution in [0, 0.1) is 5.92 Å². The predicted octanol–water partition coefficient (Wildman–Crippen LogP) is 4.58. The van der Waals surface area contributed by atoms with Gasteiger partial charge in [-0.1, -0.05) is 30.7 Å². The SMILES string of the molecule is CCNC(c1cccc(Cl)c1)C1CC(C)(C)OC1(C)C. The molecule has 1 N–H and O–H groups in total. The molecule has 2 nitrogen and oxygen atoms in total. The summed E-state index contributed by atoms with van der Waals surface area (Å²) in [6.07, 6.45) is 1.05. The standard InChI is InChI=1S/C17H26ClNO/c1-6-19-15(12-8-7-9-13(18)10-12)14-11-16(2,3)20-17(14,4)5/h7-10,14-15,19H,6,11H2,1-5H3. The Morgan fingerprint density at radius 3 is 2.55 bits per heavy atom. The van der Waals surface area contributed by atoms with Crippen molar-refractivity contribution in [2.75, 3.05) is 6.54 Å². The molecular formula is C17H26ClNO. The van der Waals surface area contributed by atoms with Crippen LogP contribution in [-0.2, 0) is 4.74 Å². The molecule has 2 unspecified atom stereocenters. The molecule has 0 amide bonds. The summed E-state index contributed by atoms with van der Waals surface area (Å²) in [7, 11) is 0. The number of halogens is 1. The Morgan fingerprint density at radius 2 is 2.05 bits per heavy atom. The molecule has 1 aromatic rings. The Hall–Kier alpha value is -0.570. The first-order valence-electron chi connectivity index (χ1n) is 7.44. The van der Waals surface area contributed by atoms with Gasteiger partial charge in [0.1, 0.15) is 0 Å². The van der Waals surface area contributed by atoms with E-state index in [4.69, 9.17) is 16.3 Å². The average Bonchev–Trinajstić information content (AvgIpc) is 2.54. The first kappa shape index (κ1) is 15.8. The molecule has 0 aromatic heterocycles. The van der Waals surface area contributed by atoms with E-state index in [0.717, 1.165) is 18.0 Å². The maximum absolute atomic E-state index is 6.25. The molecule has 1 aliphatic heterocycles. The lowest BCUT2D eigenvalue weighted by Gasteiger charge is -2.34. The molecule has 2 rings (SSSR count). The van der Waals surface area contributed by atoms with Crippen molar-refractivity contribution < 1.29 is 4.74 Å². The zero-order chi connectivity index (χ0) is 15.0. The van der Waals surface area contributed by atoms with Crippen LogP contribution in [0.2, 0.25) is 5.02 Å². The summed E-state index contributed by atoms with van der Waals surface area (Å²) in [6.45, 7) is 11.8. The Bertz CT molecular complexity index is 470. The van der Waals surface area contributed by atoms with Crippen molar-refractivity contribution in [2.24, 2.45) is 5.92 Å². The fourth-order valence-electron chi connectivity index (χ4n) is 3.54. The average molecular weight is 296 g/mol. The molecule has 1 aromatic carbocycles. The first-order chi connectivity index (χ1) is 9.25. The van der Waals surface area contributed by atoms with E-state index in [1.54, 1.807) is 0 Å². The third-order valence-corrected chi connectivity index (χ3v) is 4.41. The van der Waals surface area contributed by atoms with Crippen LogP contribution in [0.4, 0.5) is 0 Å². The lowest BCUT2D eigenvalue weighted by atomic mass is 9.79. The summed E-state index contributed by atoms with van der Waals surface area (Å²) in [5.41, 5.74) is 1.04. The molecule has 20 heavy (non-hydrogen) atoms. The largest absolute Gasteiger partial charge is 0.369 e. The molecule has 0 aliphatic carbocycles. The Balaban J connectivity index is 2.34. The quantitative estimate of drug-likeness (QED) is 0.877. The second-order valence-electron chi connectivity index (χ2n) is 6.87. The fourth-order valence-corrected chi connectivity index (χ4v) is 3.74. The summed E-state index contributed by atoms with van der Waals surface area (Å²) >= 11 is 6.16. The van der Waals surface area contributed by atoms with Crippen molar-refractivity contribution in [3.63, 3.8) is 0 Å². The number of nitrogens with one attached hydrogen (secondary N) is 1. The first-order valence-corrected chi connectivity index (χ1v) is 7.82. The number of rotatable bonds is 4. The highest BCUT2D eigenvalue weighted by molar-refractivity contribution is 6.30. The molecule has 1 heterocycles. The van der Waals surface area contributed by atoms with E-state index in [1.165, 1.54) is 5.56 Å². The van der Waals surface area contributed by atoms with Crippen molar-refractivity contribution in [3.8, 4) is 0 Å². The van der Waals surface area contributed by atoms with Gasteiger partial charge in [-0.3, -0.25) is 0 Å². The third kappa shape index (κ3) is 3.36. The lowest BCUT2D eigenvalue weighted by molar-refractivity contribution is -0.0778. The van der Waals surface area contributed by atoms with Gasteiger partial charge in [-0.15, -0.1) is 0 Å². The van der Waals surface area contributed by atoms with E-state index < -0.39 is 0 Å². The minimum Gasteiger partial charge on any atom is -0.369 e. The summed E-state index contributed by atoms with van der Waals surface area (Å²) in [6, 6.07) is 8.44. The normalized spacial score (nSPS) is 25.6. The van der Waals surface area contributed by atoms with E-state index >= 15 is 0 Å². The predicted molar refractivity (Wildman–Crippen MR) is 85.2 cm³/mol. The molecule has 1 fully saturated rings. The number of hydrogen-bond acceptors (Lipinski definition) is 2. The number of benzene rings is 1. The summed E-state index contributed by atoms with van der Waals surface area (Å²) in [5.74, 6) is 0.427. The molecule has 1 aliphatic rings. The van der Waals surface area contributed by atoms with Crippen LogP contribution < -0.4 is 5.32 Å². The van der Waals surface area contributed by atoms with Gasteiger partial charge in [0.25, 0.3) is 0 Å². The molecule has 0 spiro atoms. The van der Waals surface area contributed by atoms with Crippen LogP contribution in [-0.4, -0.2) is 17.7 Å². The van der Waals surface area contributed by atoms with E-state index in [2.05, 4.69) is 52.1 Å². The molecule has 112 valence electrons. The lowest BCUT2D eigenvalue weighted by Crippen LogP contribution is -2.38. The van der Waals surface area contributed by atoms with Crippen LogP contribution in [0.3, 0.4) is 0 Å². The maximum Gasteiger partial charge on any atom is 0.0681 e. The minimum atomic E-state index is -0.140. The second kappa shape index (κ2) is 5.67. The zero-order valence-corrected chi connectivity index (χ0v) is 13.9. The fraction of sp³-hybridized carbons (Fsp3) is 0.647. The molecule has 1 saturated heterocycles. The smallest absolute Gasteiger partial charge is 0.0681 e. The Morgan fingerprint density at radius 1 is 1.35 bits per heavy atom. The van der Waals surface area contributed by atoms with Gasteiger partial charge in [-0.05, 0) is 58.4 Å². The molecule has 3 heteroatoms. The van der Waals surface area contributed by atoms with Gasteiger partial charge in [0, 0.05) is 17.0 Å². The Kier molecular flexibility index (Phi) is 4.48. The molecule has 2 atom stereocenters.